The van der Waals surface area contributed by atoms with E-state index in [9.17, 15) is 0 Å². The third kappa shape index (κ3) is 2.06. The zero-order chi connectivity index (χ0) is 10.8. The van der Waals surface area contributed by atoms with Crippen molar-refractivity contribution in [3.63, 3.8) is 0 Å². The largest absolute Gasteiger partial charge is 0.390 e. The number of hydrogen-bond acceptors (Lipinski definition) is 4. The number of thiazole rings is 1. The van der Waals surface area contributed by atoms with E-state index in [2.05, 4.69) is 16.0 Å². The van der Waals surface area contributed by atoms with Crippen molar-refractivity contribution in [3.8, 4) is 10.7 Å². The van der Waals surface area contributed by atoms with Crippen molar-refractivity contribution in [2.45, 2.75) is 20.5 Å². The van der Waals surface area contributed by atoms with Crippen LogP contribution in [0.15, 0.2) is 17.6 Å². The Balaban J connectivity index is 2.44. The summed E-state index contributed by atoms with van der Waals surface area (Å²) in [6.07, 6.45) is 1.84. The molecule has 0 saturated carbocycles. The first-order chi connectivity index (χ1) is 7.20. The molecule has 4 heteroatoms. The maximum absolute atomic E-state index is 8.94. The molecule has 3 nitrogen and oxygen atoms in total. The Hall–Kier alpha value is -1.26. The monoisotopic (exact) mass is 220 g/mol. The lowest BCUT2D eigenvalue weighted by atomic mass is 10.2. The van der Waals surface area contributed by atoms with Crippen molar-refractivity contribution < 1.29 is 5.11 Å². The minimum atomic E-state index is -0.0125. The molecule has 78 valence electrons. The van der Waals surface area contributed by atoms with Crippen LogP contribution in [0.1, 0.15) is 16.8 Å². The van der Waals surface area contributed by atoms with Crippen LogP contribution in [-0.4, -0.2) is 15.1 Å². The van der Waals surface area contributed by atoms with Crippen LogP contribution in [-0.2, 0) is 6.61 Å². The molecule has 2 aromatic rings. The van der Waals surface area contributed by atoms with Gasteiger partial charge in [-0.3, -0.25) is 4.98 Å². The normalized spacial score (nSPS) is 10.6. The minimum absolute atomic E-state index is 0.0125. The highest BCUT2D eigenvalue weighted by Gasteiger charge is 2.08. The predicted molar refractivity (Wildman–Crippen MR) is 60.7 cm³/mol. The first-order valence-corrected chi connectivity index (χ1v) is 5.57. The van der Waals surface area contributed by atoms with Crippen molar-refractivity contribution in [2.24, 2.45) is 0 Å². The average molecular weight is 220 g/mol. The first kappa shape index (κ1) is 10.3. The maximum Gasteiger partial charge on any atom is 0.142 e. The summed E-state index contributed by atoms with van der Waals surface area (Å²) < 4.78 is 0. The topological polar surface area (TPSA) is 46.0 Å². The SMILES string of the molecule is Cc1cnc(-c2nc(CO)cs2)c(C)c1. The molecule has 0 fully saturated rings. The Bertz CT molecular complexity index is 479. The van der Waals surface area contributed by atoms with Crippen LogP contribution < -0.4 is 0 Å². The van der Waals surface area contributed by atoms with Crippen molar-refractivity contribution in [1.82, 2.24) is 9.97 Å². The van der Waals surface area contributed by atoms with Gasteiger partial charge in [0.2, 0.25) is 0 Å². The van der Waals surface area contributed by atoms with Gasteiger partial charge in [0, 0.05) is 11.6 Å². The van der Waals surface area contributed by atoms with Gasteiger partial charge in [-0.2, -0.15) is 0 Å². The van der Waals surface area contributed by atoms with E-state index in [1.54, 1.807) is 0 Å². The van der Waals surface area contributed by atoms with E-state index in [1.807, 2.05) is 25.4 Å². The summed E-state index contributed by atoms with van der Waals surface area (Å²) in [5, 5.41) is 11.7. The van der Waals surface area contributed by atoms with E-state index in [0.29, 0.717) is 5.69 Å². The summed E-state index contributed by atoms with van der Waals surface area (Å²) in [4.78, 5) is 8.66. The third-order valence-corrected chi connectivity index (χ3v) is 3.03. The molecule has 0 unspecified atom stereocenters. The molecule has 2 aromatic heterocycles. The quantitative estimate of drug-likeness (QED) is 0.844. The summed E-state index contributed by atoms with van der Waals surface area (Å²) in [7, 11) is 0. The fourth-order valence-corrected chi connectivity index (χ4v) is 2.30. The highest BCUT2D eigenvalue weighted by atomic mass is 32.1. The van der Waals surface area contributed by atoms with E-state index >= 15 is 0 Å². The molecule has 15 heavy (non-hydrogen) atoms. The zero-order valence-corrected chi connectivity index (χ0v) is 9.51. The summed E-state index contributed by atoms with van der Waals surface area (Å²) in [5.74, 6) is 0. The zero-order valence-electron chi connectivity index (χ0n) is 8.69. The summed E-state index contributed by atoms with van der Waals surface area (Å²) >= 11 is 1.51. The number of aliphatic hydroxyl groups is 1. The van der Waals surface area contributed by atoms with Gasteiger partial charge in [-0.15, -0.1) is 11.3 Å². The van der Waals surface area contributed by atoms with Gasteiger partial charge < -0.3 is 5.11 Å². The number of hydrogen-bond donors (Lipinski definition) is 1. The van der Waals surface area contributed by atoms with E-state index < -0.39 is 0 Å². The number of nitrogens with zero attached hydrogens (tertiary/aromatic N) is 2. The van der Waals surface area contributed by atoms with Crippen LogP contribution in [0.2, 0.25) is 0 Å². The predicted octanol–water partition coefficient (Wildman–Crippen LogP) is 2.31. The van der Waals surface area contributed by atoms with E-state index in [-0.39, 0.29) is 6.61 Å². The molecule has 0 radical (unpaired) electrons. The molecule has 0 spiro atoms. The second kappa shape index (κ2) is 4.08. The number of aryl methyl sites for hydroxylation is 2. The van der Waals surface area contributed by atoms with Gasteiger partial charge in [0.1, 0.15) is 10.7 Å². The number of rotatable bonds is 2. The van der Waals surface area contributed by atoms with Gasteiger partial charge in [-0.1, -0.05) is 6.07 Å². The number of aromatic nitrogens is 2. The molecule has 0 bridgehead atoms. The van der Waals surface area contributed by atoms with Gasteiger partial charge in [0.25, 0.3) is 0 Å². The van der Waals surface area contributed by atoms with Crippen LogP contribution in [0.3, 0.4) is 0 Å². The lowest BCUT2D eigenvalue weighted by Crippen LogP contribution is -1.90. The Labute approximate surface area is 92.5 Å². The standard InChI is InChI=1S/C11H12N2OS/c1-7-3-8(2)10(12-4-7)11-13-9(5-14)6-15-11/h3-4,6,14H,5H2,1-2H3. The first-order valence-electron chi connectivity index (χ1n) is 4.69. The summed E-state index contributed by atoms with van der Waals surface area (Å²) in [6, 6.07) is 2.09. The Kier molecular flexibility index (Phi) is 2.79. The molecule has 0 aliphatic rings. The highest BCUT2D eigenvalue weighted by Crippen LogP contribution is 2.25. The molecule has 0 amide bonds. The summed E-state index contributed by atoms with van der Waals surface area (Å²) in [5.41, 5.74) is 3.88. The van der Waals surface area contributed by atoms with E-state index in [1.165, 1.54) is 11.3 Å². The molecule has 0 atom stereocenters. The van der Waals surface area contributed by atoms with Crippen LogP contribution in [0.5, 0.6) is 0 Å². The van der Waals surface area contributed by atoms with Crippen LogP contribution in [0.25, 0.3) is 10.7 Å². The molecule has 0 aliphatic heterocycles. The van der Waals surface area contributed by atoms with Crippen LogP contribution in [0.4, 0.5) is 0 Å². The molecule has 1 N–H and O–H groups in total. The minimum Gasteiger partial charge on any atom is -0.390 e. The molecular weight excluding hydrogens is 208 g/mol. The van der Waals surface area contributed by atoms with Gasteiger partial charge in [-0.05, 0) is 25.0 Å². The second-order valence-electron chi connectivity index (χ2n) is 3.48. The second-order valence-corrected chi connectivity index (χ2v) is 4.34. The molecule has 0 aromatic carbocycles. The lowest BCUT2D eigenvalue weighted by Gasteiger charge is -2.01. The van der Waals surface area contributed by atoms with Crippen LogP contribution in [0, 0.1) is 13.8 Å². The number of pyridine rings is 1. The molecule has 2 heterocycles. The van der Waals surface area contributed by atoms with Gasteiger partial charge in [-0.25, -0.2) is 4.98 Å². The molecular formula is C11H12N2OS. The maximum atomic E-state index is 8.94. The smallest absolute Gasteiger partial charge is 0.142 e. The average Bonchev–Trinajstić information content (AvgIpc) is 2.66. The Morgan fingerprint density at radius 1 is 1.40 bits per heavy atom. The summed E-state index contributed by atoms with van der Waals surface area (Å²) in [6.45, 7) is 4.03. The van der Waals surface area contributed by atoms with Gasteiger partial charge in [0.15, 0.2) is 0 Å². The fraction of sp³-hybridized carbons (Fsp3) is 0.273. The third-order valence-electron chi connectivity index (χ3n) is 2.13. The highest BCUT2D eigenvalue weighted by molar-refractivity contribution is 7.13. The van der Waals surface area contributed by atoms with Crippen molar-refractivity contribution in [1.29, 1.82) is 0 Å². The van der Waals surface area contributed by atoms with E-state index in [0.717, 1.165) is 21.8 Å². The van der Waals surface area contributed by atoms with Crippen molar-refractivity contribution >= 4 is 11.3 Å². The Morgan fingerprint density at radius 2 is 2.20 bits per heavy atom. The molecule has 2 rings (SSSR count). The molecule has 0 aliphatic carbocycles. The van der Waals surface area contributed by atoms with Crippen molar-refractivity contribution in [2.75, 3.05) is 0 Å². The molecule has 0 saturated heterocycles. The van der Waals surface area contributed by atoms with Crippen LogP contribution >= 0.6 is 11.3 Å². The van der Waals surface area contributed by atoms with Gasteiger partial charge >= 0.3 is 0 Å². The van der Waals surface area contributed by atoms with Gasteiger partial charge in [0.05, 0.1) is 12.3 Å². The van der Waals surface area contributed by atoms with Crippen molar-refractivity contribution in [3.05, 3.63) is 34.5 Å². The number of aliphatic hydroxyl groups excluding tert-OH is 1. The Morgan fingerprint density at radius 3 is 2.80 bits per heavy atom. The fourth-order valence-electron chi connectivity index (χ4n) is 1.43. The lowest BCUT2D eigenvalue weighted by molar-refractivity contribution is 0.278. The van der Waals surface area contributed by atoms with E-state index in [4.69, 9.17) is 5.11 Å².